The van der Waals surface area contributed by atoms with E-state index in [9.17, 15) is 10.1 Å². The predicted molar refractivity (Wildman–Crippen MR) is 109 cm³/mol. The van der Waals surface area contributed by atoms with E-state index >= 15 is 0 Å². The summed E-state index contributed by atoms with van der Waals surface area (Å²) in [5.74, 6) is 0.567. The Kier molecular flexibility index (Phi) is 4.89. The van der Waals surface area contributed by atoms with Crippen LogP contribution in [0.15, 0.2) is 54.9 Å². The zero-order chi connectivity index (χ0) is 19.5. The van der Waals surface area contributed by atoms with Crippen LogP contribution in [0.1, 0.15) is 23.1 Å². The van der Waals surface area contributed by atoms with Gasteiger partial charge < -0.3 is 10.2 Å². The number of aryl methyl sites for hydroxylation is 2. The fourth-order valence-corrected chi connectivity index (χ4v) is 3.51. The first-order valence-corrected chi connectivity index (χ1v) is 9.28. The molecule has 142 valence electrons. The summed E-state index contributed by atoms with van der Waals surface area (Å²) >= 11 is 0. The Morgan fingerprint density at radius 2 is 1.93 bits per heavy atom. The van der Waals surface area contributed by atoms with Gasteiger partial charge in [-0.1, -0.05) is 48.0 Å². The molecule has 0 radical (unpaired) electrons. The van der Waals surface area contributed by atoms with Crippen LogP contribution in [-0.2, 0) is 13.0 Å². The van der Waals surface area contributed by atoms with E-state index in [0.717, 1.165) is 24.1 Å². The lowest BCUT2D eigenvalue weighted by Crippen LogP contribution is -2.26. The van der Waals surface area contributed by atoms with Crippen LogP contribution < -0.4 is 10.2 Å². The van der Waals surface area contributed by atoms with Gasteiger partial charge in [0.25, 0.3) is 0 Å². The normalized spacial score (nSPS) is 13.1. The van der Waals surface area contributed by atoms with E-state index in [0.29, 0.717) is 18.9 Å². The standard InChI is InChI=1S/C21H21N5O2/c1-15-8-10-16(11-9-15)13-22-20-19(26(27)28)21(24-14-23-20)25-12-4-6-17-5-2-3-7-18(17)25/h2-3,5,7-11,14H,4,6,12-13H2,1H3,(H,22,23,24). The molecule has 0 bridgehead atoms. The lowest BCUT2D eigenvalue weighted by Gasteiger charge is -2.30. The Labute approximate surface area is 163 Å². The van der Waals surface area contributed by atoms with Crippen LogP contribution in [0.4, 0.5) is 23.0 Å². The third kappa shape index (κ3) is 3.51. The molecular weight excluding hydrogens is 354 g/mol. The van der Waals surface area contributed by atoms with Gasteiger partial charge in [0.1, 0.15) is 6.33 Å². The smallest absolute Gasteiger partial charge is 0.353 e. The summed E-state index contributed by atoms with van der Waals surface area (Å²) in [5.41, 5.74) is 4.26. The quantitative estimate of drug-likeness (QED) is 0.526. The summed E-state index contributed by atoms with van der Waals surface area (Å²) < 4.78 is 0. The molecule has 1 aromatic heterocycles. The molecule has 0 unspecified atom stereocenters. The van der Waals surface area contributed by atoms with Crippen LogP contribution in [0, 0.1) is 17.0 Å². The molecule has 0 saturated carbocycles. The van der Waals surface area contributed by atoms with Crippen LogP contribution in [0.25, 0.3) is 0 Å². The van der Waals surface area contributed by atoms with E-state index < -0.39 is 4.92 Å². The molecular formula is C21H21N5O2. The first-order valence-electron chi connectivity index (χ1n) is 9.28. The number of hydrogen-bond donors (Lipinski definition) is 1. The molecule has 2 heterocycles. The molecule has 0 amide bonds. The Hall–Kier alpha value is -3.48. The van der Waals surface area contributed by atoms with Gasteiger partial charge in [0.2, 0.25) is 11.6 Å². The predicted octanol–water partition coefficient (Wildman–Crippen LogP) is 4.39. The minimum atomic E-state index is -0.399. The molecule has 7 heteroatoms. The Bertz CT molecular complexity index is 1000. The van der Waals surface area contributed by atoms with E-state index in [1.165, 1.54) is 17.5 Å². The number of fused-ring (bicyclic) bond motifs is 1. The van der Waals surface area contributed by atoms with Crippen LogP contribution >= 0.6 is 0 Å². The minimum Gasteiger partial charge on any atom is -0.360 e. The van der Waals surface area contributed by atoms with Crippen molar-refractivity contribution in [2.45, 2.75) is 26.3 Å². The Morgan fingerprint density at radius 3 is 2.71 bits per heavy atom. The molecule has 0 fully saturated rings. The molecule has 1 aliphatic rings. The van der Waals surface area contributed by atoms with Crippen LogP contribution in [0.5, 0.6) is 0 Å². The Balaban J connectivity index is 1.69. The number of nitrogens with zero attached hydrogens (tertiary/aromatic N) is 4. The number of nitro groups is 1. The maximum Gasteiger partial charge on any atom is 0.353 e. The summed E-state index contributed by atoms with van der Waals surface area (Å²) in [6.07, 6.45) is 3.27. The van der Waals surface area contributed by atoms with Gasteiger partial charge in [-0.3, -0.25) is 10.1 Å². The van der Waals surface area contributed by atoms with E-state index in [4.69, 9.17) is 0 Å². The zero-order valence-electron chi connectivity index (χ0n) is 15.6. The third-order valence-corrected chi connectivity index (χ3v) is 4.93. The minimum absolute atomic E-state index is 0.0914. The third-order valence-electron chi connectivity index (χ3n) is 4.93. The van der Waals surface area contributed by atoms with Crippen molar-refractivity contribution in [3.8, 4) is 0 Å². The maximum absolute atomic E-state index is 11.9. The van der Waals surface area contributed by atoms with Crippen LogP contribution in [-0.4, -0.2) is 21.4 Å². The summed E-state index contributed by atoms with van der Waals surface area (Å²) in [5, 5.41) is 15.0. The monoisotopic (exact) mass is 375 g/mol. The molecule has 28 heavy (non-hydrogen) atoms. The number of rotatable bonds is 5. The SMILES string of the molecule is Cc1ccc(CNc2ncnc(N3CCCc4ccccc43)c2[N+](=O)[O-])cc1. The topological polar surface area (TPSA) is 84.2 Å². The lowest BCUT2D eigenvalue weighted by molar-refractivity contribution is -0.383. The van der Waals surface area contributed by atoms with Gasteiger partial charge in [-0.2, -0.15) is 0 Å². The van der Waals surface area contributed by atoms with Crippen LogP contribution in [0.3, 0.4) is 0 Å². The highest BCUT2D eigenvalue weighted by molar-refractivity contribution is 5.77. The molecule has 0 spiro atoms. The average Bonchev–Trinajstić information content (AvgIpc) is 2.72. The largest absolute Gasteiger partial charge is 0.360 e. The maximum atomic E-state index is 11.9. The van der Waals surface area contributed by atoms with E-state index in [-0.39, 0.29) is 11.5 Å². The van der Waals surface area contributed by atoms with Gasteiger partial charge in [0.05, 0.1) is 4.92 Å². The van der Waals surface area contributed by atoms with Gasteiger partial charge in [-0.05, 0) is 37.0 Å². The fourth-order valence-electron chi connectivity index (χ4n) is 3.51. The van der Waals surface area contributed by atoms with E-state index in [2.05, 4.69) is 21.4 Å². The van der Waals surface area contributed by atoms with Crippen molar-refractivity contribution >= 4 is 23.0 Å². The second-order valence-electron chi connectivity index (χ2n) is 6.87. The van der Waals surface area contributed by atoms with Crippen molar-refractivity contribution in [3.63, 3.8) is 0 Å². The number of anilines is 3. The number of hydrogen-bond acceptors (Lipinski definition) is 6. The molecule has 0 saturated heterocycles. The summed E-state index contributed by atoms with van der Waals surface area (Å²) in [7, 11) is 0. The first-order chi connectivity index (χ1) is 13.6. The number of nitrogens with one attached hydrogen (secondary N) is 1. The average molecular weight is 375 g/mol. The zero-order valence-corrected chi connectivity index (χ0v) is 15.6. The molecule has 3 aromatic rings. The number of benzene rings is 2. The van der Waals surface area contributed by atoms with Crippen molar-refractivity contribution < 1.29 is 4.92 Å². The van der Waals surface area contributed by atoms with E-state index in [1.807, 2.05) is 54.3 Å². The Morgan fingerprint density at radius 1 is 1.14 bits per heavy atom. The molecule has 1 N–H and O–H groups in total. The molecule has 0 aliphatic carbocycles. The highest BCUT2D eigenvalue weighted by Gasteiger charge is 2.30. The highest BCUT2D eigenvalue weighted by Crippen LogP contribution is 2.39. The molecule has 7 nitrogen and oxygen atoms in total. The van der Waals surface area contributed by atoms with Crippen molar-refractivity contribution in [2.75, 3.05) is 16.8 Å². The second-order valence-corrected chi connectivity index (χ2v) is 6.87. The first kappa shape index (κ1) is 17.9. The van der Waals surface area contributed by atoms with Crippen LogP contribution in [0.2, 0.25) is 0 Å². The molecule has 4 rings (SSSR count). The lowest BCUT2D eigenvalue weighted by atomic mass is 10.0. The van der Waals surface area contributed by atoms with Gasteiger partial charge in [0.15, 0.2) is 0 Å². The highest BCUT2D eigenvalue weighted by atomic mass is 16.6. The summed E-state index contributed by atoms with van der Waals surface area (Å²) in [6, 6.07) is 16.0. The molecule has 1 aliphatic heterocycles. The van der Waals surface area contributed by atoms with Gasteiger partial charge in [0, 0.05) is 18.8 Å². The second kappa shape index (κ2) is 7.64. The van der Waals surface area contributed by atoms with Crippen molar-refractivity contribution in [2.24, 2.45) is 0 Å². The van der Waals surface area contributed by atoms with Gasteiger partial charge in [-0.25, -0.2) is 9.97 Å². The number of aromatic nitrogens is 2. The summed E-state index contributed by atoms with van der Waals surface area (Å²) in [4.78, 5) is 21.9. The fraction of sp³-hybridized carbons (Fsp3) is 0.238. The van der Waals surface area contributed by atoms with Crippen molar-refractivity contribution in [1.29, 1.82) is 0 Å². The number of para-hydroxylation sites is 1. The molecule has 0 atom stereocenters. The van der Waals surface area contributed by atoms with Gasteiger partial charge in [-0.15, -0.1) is 0 Å². The van der Waals surface area contributed by atoms with Crippen molar-refractivity contribution in [3.05, 3.63) is 81.7 Å². The van der Waals surface area contributed by atoms with E-state index in [1.54, 1.807) is 0 Å². The van der Waals surface area contributed by atoms with Crippen molar-refractivity contribution in [1.82, 2.24) is 9.97 Å². The van der Waals surface area contributed by atoms with Gasteiger partial charge >= 0.3 is 5.69 Å². The summed E-state index contributed by atoms with van der Waals surface area (Å²) in [6.45, 7) is 3.16. The molecule has 2 aromatic carbocycles.